The van der Waals surface area contributed by atoms with E-state index in [4.69, 9.17) is 17.3 Å². The summed E-state index contributed by atoms with van der Waals surface area (Å²) in [6.07, 6.45) is 5.37. The Kier molecular flexibility index (Phi) is 6.61. The summed E-state index contributed by atoms with van der Waals surface area (Å²) in [5, 5.41) is 15.1. The van der Waals surface area contributed by atoms with Gasteiger partial charge in [-0.1, -0.05) is 23.7 Å². The maximum atomic E-state index is 13.0. The molecule has 176 valence electrons. The van der Waals surface area contributed by atoms with Crippen molar-refractivity contribution in [3.8, 4) is 0 Å². The van der Waals surface area contributed by atoms with E-state index in [2.05, 4.69) is 25.2 Å². The van der Waals surface area contributed by atoms with Crippen LogP contribution in [0.3, 0.4) is 0 Å². The highest BCUT2D eigenvalue weighted by Crippen LogP contribution is 2.30. The van der Waals surface area contributed by atoms with Gasteiger partial charge in [-0.05, 0) is 56.9 Å². The van der Waals surface area contributed by atoms with Gasteiger partial charge in [-0.2, -0.15) is 0 Å². The van der Waals surface area contributed by atoms with Crippen LogP contribution in [-0.2, 0) is 4.79 Å². The van der Waals surface area contributed by atoms with Gasteiger partial charge in [-0.15, -0.1) is 0 Å². The number of aromatic nitrogens is 3. The molecule has 2 aromatic heterocycles. The van der Waals surface area contributed by atoms with Gasteiger partial charge in [0.05, 0.1) is 17.0 Å². The molecule has 1 aliphatic heterocycles. The van der Waals surface area contributed by atoms with Crippen LogP contribution in [0.2, 0.25) is 5.02 Å². The van der Waals surface area contributed by atoms with Crippen LogP contribution < -0.4 is 16.0 Å². The second-order valence-electron chi connectivity index (χ2n) is 9.65. The van der Waals surface area contributed by atoms with E-state index in [1.807, 2.05) is 24.4 Å². The SMILES string of the molecule is CC(C)(O)C[C@H](NC(=O)CC1(N)CCN(c2ncnc3[nH]ccc23)CC1)c1ccc(Cl)cc1. The Morgan fingerprint density at radius 3 is 2.64 bits per heavy atom. The number of nitrogens with two attached hydrogens (primary N) is 1. The Morgan fingerprint density at radius 1 is 1.27 bits per heavy atom. The van der Waals surface area contributed by atoms with Crippen LogP contribution in [0.5, 0.6) is 0 Å². The fourth-order valence-electron chi connectivity index (χ4n) is 4.46. The molecule has 3 aromatic rings. The molecule has 0 bridgehead atoms. The minimum absolute atomic E-state index is 0.120. The number of carbonyl (C=O) groups is 1. The average molecular weight is 471 g/mol. The lowest BCUT2D eigenvalue weighted by Crippen LogP contribution is -2.53. The number of hydrogen-bond acceptors (Lipinski definition) is 6. The van der Waals surface area contributed by atoms with Gasteiger partial charge in [-0.3, -0.25) is 4.79 Å². The van der Waals surface area contributed by atoms with Crippen molar-refractivity contribution in [3.63, 3.8) is 0 Å². The van der Waals surface area contributed by atoms with Crippen molar-refractivity contribution in [3.05, 3.63) is 53.4 Å². The quantitative estimate of drug-likeness (QED) is 0.420. The van der Waals surface area contributed by atoms with Crippen molar-refractivity contribution < 1.29 is 9.90 Å². The molecule has 9 heteroatoms. The normalized spacial score (nSPS) is 17.2. The molecule has 0 spiro atoms. The third-order valence-corrected chi connectivity index (χ3v) is 6.47. The summed E-state index contributed by atoms with van der Waals surface area (Å²) in [4.78, 5) is 27.0. The van der Waals surface area contributed by atoms with E-state index in [0.29, 0.717) is 37.4 Å². The molecule has 0 unspecified atom stereocenters. The van der Waals surface area contributed by atoms with Gasteiger partial charge in [0.2, 0.25) is 5.91 Å². The number of H-pyrrole nitrogens is 1. The number of rotatable bonds is 7. The first-order valence-electron chi connectivity index (χ1n) is 11.2. The molecule has 8 nitrogen and oxygen atoms in total. The van der Waals surface area contributed by atoms with E-state index in [1.165, 1.54) is 0 Å². The molecule has 33 heavy (non-hydrogen) atoms. The number of anilines is 1. The monoisotopic (exact) mass is 470 g/mol. The second-order valence-corrected chi connectivity index (χ2v) is 10.1. The van der Waals surface area contributed by atoms with E-state index >= 15 is 0 Å². The van der Waals surface area contributed by atoms with Crippen molar-refractivity contribution in [1.29, 1.82) is 0 Å². The van der Waals surface area contributed by atoms with Crippen LogP contribution >= 0.6 is 11.6 Å². The number of carbonyl (C=O) groups excluding carboxylic acids is 1. The Morgan fingerprint density at radius 2 is 1.97 bits per heavy atom. The summed E-state index contributed by atoms with van der Waals surface area (Å²) >= 11 is 6.02. The zero-order valence-electron chi connectivity index (χ0n) is 19.0. The summed E-state index contributed by atoms with van der Waals surface area (Å²) in [5.41, 5.74) is 6.84. The zero-order valence-corrected chi connectivity index (χ0v) is 19.8. The molecule has 1 saturated heterocycles. The standard InChI is InChI=1S/C24H31ClN6O2/c1-23(2,33)13-19(16-3-5-17(25)6-4-16)30-20(32)14-24(26)8-11-31(12-9-24)22-18-7-10-27-21(18)28-15-29-22/h3-7,10,15,19,33H,8-9,11-14,26H2,1-2H3,(H,30,32)(H,27,28,29)/t19-/m0/s1. The van der Waals surface area contributed by atoms with Crippen molar-refractivity contribution in [1.82, 2.24) is 20.3 Å². The highest BCUT2D eigenvalue weighted by molar-refractivity contribution is 6.30. The van der Waals surface area contributed by atoms with Gasteiger partial charge in [0.1, 0.15) is 17.8 Å². The summed E-state index contributed by atoms with van der Waals surface area (Å²) < 4.78 is 0. The molecule has 0 saturated carbocycles. The smallest absolute Gasteiger partial charge is 0.222 e. The van der Waals surface area contributed by atoms with Crippen LogP contribution in [0.4, 0.5) is 5.82 Å². The summed E-state index contributed by atoms with van der Waals surface area (Å²) in [5.74, 6) is 0.769. The minimum Gasteiger partial charge on any atom is -0.390 e. The second kappa shape index (κ2) is 9.29. The van der Waals surface area contributed by atoms with Gasteiger partial charge in [0, 0.05) is 36.3 Å². The highest BCUT2D eigenvalue weighted by Gasteiger charge is 2.35. The molecule has 3 heterocycles. The number of amides is 1. The molecule has 1 aliphatic rings. The molecule has 1 aromatic carbocycles. The predicted molar refractivity (Wildman–Crippen MR) is 130 cm³/mol. The maximum Gasteiger partial charge on any atom is 0.222 e. The van der Waals surface area contributed by atoms with Gasteiger partial charge >= 0.3 is 0 Å². The topological polar surface area (TPSA) is 120 Å². The number of aliphatic hydroxyl groups is 1. The van der Waals surface area contributed by atoms with Gasteiger partial charge < -0.3 is 26.0 Å². The number of hydrogen-bond donors (Lipinski definition) is 4. The van der Waals surface area contributed by atoms with Crippen LogP contribution in [0.25, 0.3) is 11.0 Å². The van der Waals surface area contributed by atoms with Crippen LogP contribution in [0, 0.1) is 0 Å². The number of fused-ring (bicyclic) bond motifs is 1. The minimum atomic E-state index is -0.940. The molecular formula is C24H31ClN6O2. The van der Waals surface area contributed by atoms with Gasteiger partial charge in [0.15, 0.2) is 0 Å². The molecule has 0 aliphatic carbocycles. The molecule has 5 N–H and O–H groups in total. The number of aromatic amines is 1. The molecule has 4 rings (SSSR count). The predicted octanol–water partition coefficient (Wildman–Crippen LogP) is 3.32. The van der Waals surface area contributed by atoms with Gasteiger partial charge in [0.25, 0.3) is 0 Å². The largest absolute Gasteiger partial charge is 0.390 e. The number of halogens is 1. The van der Waals surface area contributed by atoms with E-state index in [1.54, 1.807) is 32.3 Å². The first-order chi connectivity index (χ1) is 15.6. The Hall–Kier alpha value is -2.68. The Balaban J connectivity index is 1.40. The van der Waals surface area contributed by atoms with E-state index in [9.17, 15) is 9.90 Å². The van der Waals surface area contributed by atoms with Gasteiger partial charge in [-0.25, -0.2) is 9.97 Å². The summed E-state index contributed by atoms with van der Waals surface area (Å²) in [6.45, 7) is 4.89. The lowest BCUT2D eigenvalue weighted by Gasteiger charge is -2.39. The summed E-state index contributed by atoms with van der Waals surface area (Å²) in [7, 11) is 0. The van der Waals surface area contributed by atoms with Crippen molar-refractivity contribution in [2.45, 2.75) is 56.7 Å². The first kappa shape index (κ1) is 23.5. The number of nitrogens with one attached hydrogen (secondary N) is 2. The zero-order chi connectivity index (χ0) is 23.6. The first-order valence-corrected chi connectivity index (χ1v) is 11.6. The molecular weight excluding hydrogens is 440 g/mol. The molecule has 1 amide bonds. The third kappa shape index (κ3) is 5.82. The van der Waals surface area contributed by atoms with E-state index < -0.39 is 11.1 Å². The fraction of sp³-hybridized carbons (Fsp3) is 0.458. The number of piperidine rings is 1. The van der Waals surface area contributed by atoms with Crippen LogP contribution in [-0.4, -0.2) is 50.2 Å². The lowest BCUT2D eigenvalue weighted by atomic mass is 9.84. The van der Waals surface area contributed by atoms with E-state index in [0.717, 1.165) is 22.4 Å². The maximum absolute atomic E-state index is 13.0. The van der Waals surface area contributed by atoms with Crippen molar-refractivity contribution >= 4 is 34.4 Å². The highest BCUT2D eigenvalue weighted by atomic mass is 35.5. The van der Waals surface area contributed by atoms with Crippen LogP contribution in [0.15, 0.2) is 42.9 Å². The number of nitrogens with zero attached hydrogens (tertiary/aromatic N) is 3. The Labute approximate surface area is 198 Å². The van der Waals surface area contributed by atoms with Crippen LogP contribution in [0.1, 0.15) is 51.1 Å². The molecule has 1 fully saturated rings. The average Bonchev–Trinajstić information content (AvgIpc) is 3.22. The lowest BCUT2D eigenvalue weighted by molar-refractivity contribution is -0.123. The Bertz CT molecular complexity index is 1100. The summed E-state index contributed by atoms with van der Waals surface area (Å²) in [6, 6.07) is 8.96. The van der Waals surface area contributed by atoms with Crippen molar-refractivity contribution in [2.24, 2.45) is 5.73 Å². The fourth-order valence-corrected chi connectivity index (χ4v) is 4.59. The van der Waals surface area contributed by atoms with E-state index in [-0.39, 0.29) is 18.4 Å². The number of benzene rings is 1. The third-order valence-electron chi connectivity index (χ3n) is 6.22. The molecule has 1 atom stereocenters. The van der Waals surface area contributed by atoms with Crippen molar-refractivity contribution in [2.75, 3.05) is 18.0 Å². The molecule has 0 radical (unpaired) electrons.